The minimum absolute atomic E-state index is 0.0384. The largest absolute Gasteiger partial charge is 0.413 e. The predicted octanol–water partition coefficient (Wildman–Crippen LogP) is 3.88. The quantitative estimate of drug-likeness (QED) is 0.613. The highest BCUT2D eigenvalue weighted by atomic mass is 79.9. The molecule has 182 valence electrons. The number of piperidine rings is 1. The predicted molar refractivity (Wildman–Crippen MR) is 136 cm³/mol. The van der Waals surface area contributed by atoms with Crippen LogP contribution < -0.4 is 15.0 Å². The third-order valence-electron chi connectivity index (χ3n) is 6.42. The average molecular weight is 549 g/mol. The van der Waals surface area contributed by atoms with Crippen molar-refractivity contribution in [3.05, 3.63) is 45.2 Å². The van der Waals surface area contributed by atoms with E-state index >= 15 is 0 Å². The highest BCUT2D eigenvalue weighted by molar-refractivity contribution is 9.11. The zero-order valence-electron chi connectivity index (χ0n) is 19.5. The number of aryl methyl sites for hydroxylation is 1. The summed E-state index contributed by atoms with van der Waals surface area (Å²) in [5, 5.41) is 3.25. The second-order valence-corrected chi connectivity index (χ2v) is 11.4. The average Bonchev–Trinajstić information content (AvgIpc) is 3.37. The first-order valence-corrected chi connectivity index (χ1v) is 12.9. The lowest BCUT2D eigenvalue weighted by molar-refractivity contribution is -0.117. The van der Waals surface area contributed by atoms with Crippen LogP contribution in [0.4, 0.5) is 10.5 Å². The molecule has 34 heavy (non-hydrogen) atoms. The molecule has 1 atom stereocenters. The van der Waals surface area contributed by atoms with E-state index in [1.165, 1.54) is 11.3 Å². The van der Waals surface area contributed by atoms with Crippen molar-refractivity contribution in [2.24, 2.45) is 0 Å². The molecule has 0 saturated carbocycles. The highest BCUT2D eigenvalue weighted by Crippen LogP contribution is 2.29. The molecular weight excluding hydrogens is 520 g/mol. The molecule has 0 radical (unpaired) electrons. The Balaban J connectivity index is 1.36. The monoisotopic (exact) mass is 548 g/mol. The van der Waals surface area contributed by atoms with Crippen molar-refractivity contribution >= 4 is 50.9 Å². The van der Waals surface area contributed by atoms with Crippen LogP contribution >= 0.6 is 27.3 Å². The van der Waals surface area contributed by atoms with Crippen LogP contribution in [0.5, 0.6) is 5.06 Å². The summed E-state index contributed by atoms with van der Waals surface area (Å²) < 4.78 is 6.14. The van der Waals surface area contributed by atoms with Crippen molar-refractivity contribution in [3.63, 3.8) is 0 Å². The molecule has 8 nitrogen and oxygen atoms in total. The van der Waals surface area contributed by atoms with Crippen LogP contribution in [0.3, 0.4) is 0 Å². The number of carbonyl (C=O) groups is 3. The number of hydrogen-bond donors (Lipinski definition) is 1. The number of anilines is 1. The summed E-state index contributed by atoms with van der Waals surface area (Å²) in [6.45, 7) is 3.75. The van der Waals surface area contributed by atoms with Crippen molar-refractivity contribution in [2.45, 2.75) is 38.3 Å². The van der Waals surface area contributed by atoms with Gasteiger partial charge < -0.3 is 24.8 Å². The molecule has 1 unspecified atom stereocenters. The summed E-state index contributed by atoms with van der Waals surface area (Å²) >= 11 is 4.64. The Morgan fingerprint density at radius 3 is 2.53 bits per heavy atom. The van der Waals surface area contributed by atoms with Gasteiger partial charge in [0.2, 0.25) is 5.91 Å². The Kier molecular flexibility index (Phi) is 7.59. The summed E-state index contributed by atoms with van der Waals surface area (Å²) in [6.07, 6.45) is 1.56. The molecule has 3 amide bonds. The van der Waals surface area contributed by atoms with Gasteiger partial charge in [-0.25, -0.2) is 4.79 Å². The number of benzene rings is 1. The molecule has 0 aliphatic carbocycles. The standard InChI is InChI=1S/C24H29BrN4O4S/c1-15-12-18(4-5-19(15)23(31)28-10-8-17(9-11-28)27(2)3)29-14-16(13-21(29)30)26-24(32)33-22-7-6-20(25)34-22/h4-7,12,16-17H,8-11,13-14H2,1-3H3,(H,26,32). The van der Waals surface area contributed by atoms with Crippen molar-refractivity contribution in [3.8, 4) is 5.06 Å². The van der Waals surface area contributed by atoms with Gasteiger partial charge in [0.15, 0.2) is 5.06 Å². The van der Waals surface area contributed by atoms with Crippen LogP contribution in [-0.4, -0.2) is 73.5 Å². The topological polar surface area (TPSA) is 82.2 Å². The molecule has 2 aliphatic heterocycles. The maximum absolute atomic E-state index is 13.1. The van der Waals surface area contributed by atoms with E-state index < -0.39 is 6.09 Å². The Hall–Kier alpha value is -2.43. The molecule has 3 heterocycles. The maximum atomic E-state index is 13.1. The van der Waals surface area contributed by atoms with E-state index in [1.807, 2.05) is 30.0 Å². The normalized spacial score (nSPS) is 19.1. The lowest BCUT2D eigenvalue weighted by Gasteiger charge is -2.35. The first kappa shape index (κ1) is 24.7. The van der Waals surface area contributed by atoms with Gasteiger partial charge in [0.05, 0.1) is 9.83 Å². The van der Waals surface area contributed by atoms with Crippen molar-refractivity contribution in [1.29, 1.82) is 0 Å². The van der Waals surface area contributed by atoms with Crippen LogP contribution in [0, 0.1) is 6.92 Å². The van der Waals surface area contributed by atoms with Gasteiger partial charge in [-0.05, 0) is 85.7 Å². The van der Waals surface area contributed by atoms with Gasteiger partial charge in [0.1, 0.15) is 0 Å². The van der Waals surface area contributed by atoms with Gasteiger partial charge >= 0.3 is 6.09 Å². The fourth-order valence-electron chi connectivity index (χ4n) is 4.51. The molecule has 2 fully saturated rings. The SMILES string of the molecule is Cc1cc(N2CC(NC(=O)Oc3ccc(Br)s3)CC2=O)ccc1C(=O)N1CCC(N(C)C)CC1. The third-order valence-corrected chi connectivity index (χ3v) is 7.92. The number of likely N-dealkylation sites (tertiary alicyclic amines) is 1. The molecule has 4 rings (SSSR count). The Bertz CT molecular complexity index is 1080. The Morgan fingerprint density at radius 1 is 1.18 bits per heavy atom. The zero-order chi connectivity index (χ0) is 24.4. The van der Waals surface area contributed by atoms with Gasteiger partial charge in [-0.15, -0.1) is 0 Å². The van der Waals surface area contributed by atoms with E-state index in [0.717, 1.165) is 41.0 Å². The number of rotatable bonds is 5. The molecule has 1 aromatic carbocycles. The maximum Gasteiger partial charge on any atom is 0.413 e. The number of nitrogens with one attached hydrogen (secondary N) is 1. The molecule has 0 spiro atoms. The van der Waals surface area contributed by atoms with E-state index in [4.69, 9.17) is 4.74 Å². The van der Waals surface area contributed by atoms with Gasteiger partial charge in [0.25, 0.3) is 5.91 Å². The van der Waals surface area contributed by atoms with Crippen LogP contribution in [0.15, 0.2) is 34.1 Å². The van der Waals surface area contributed by atoms with Gasteiger partial charge in [-0.3, -0.25) is 9.59 Å². The first-order valence-electron chi connectivity index (χ1n) is 11.3. The highest BCUT2D eigenvalue weighted by Gasteiger charge is 2.33. The molecule has 0 bridgehead atoms. The van der Waals surface area contributed by atoms with Crippen molar-refractivity contribution < 1.29 is 19.1 Å². The Labute approximate surface area is 212 Å². The van der Waals surface area contributed by atoms with E-state index in [1.54, 1.807) is 17.0 Å². The summed E-state index contributed by atoms with van der Waals surface area (Å²) in [5.41, 5.74) is 2.23. The van der Waals surface area contributed by atoms with E-state index in [9.17, 15) is 14.4 Å². The number of amides is 3. The molecule has 2 saturated heterocycles. The van der Waals surface area contributed by atoms with E-state index in [2.05, 4.69) is 40.2 Å². The number of carbonyl (C=O) groups excluding carboxylic acids is 3. The molecular formula is C24H29BrN4O4S. The van der Waals surface area contributed by atoms with Gasteiger partial charge in [-0.1, -0.05) is 11.3 Å². The van der Waals surface area contributed by atoms with Gasteiger partial charge in [0, 0.05) is 43.3 Å². The zero-order valence-corrected chi connectivity index (χ0v) is 21.9. The number of ether oxygens (including phenoxy) is 1. The lowest BCUT2D eigenvalue weighted by atomic mass is 10.0. The number of nitrogens with zero attached hydrogens (tertiary/aromatic N) is 3. The second kappa shape index (κ2) is 10.5. The summed E-state index contributed by atoms with van der Waals surface area (Å²) in [6, 6.07) is 9.17. The second-order valence-electron chi connectivity index (χ2n) is 8.98. The van der Waals surface area contributed by atoms with Crippen LogP contribution in [0.2, 0.25) is 0 Å². The molecule has 1 aromatic heterocycles. The van der Waals surface area contributed by atoms with Crippen LogP contribution in [-0.2, 0) is 4.79 Å². The number of thiophene rings is 1. The fraction of sp³-hybridized carbons (Fsp3) is 0.458. The Morgan fingerprint density at radius 2 is 1.91 bits per heavy atom. The first-order chi connectivity index (χ1) is 16.2. The third kappa shape index (κ3) is 5.61. The molecule has 2 aromatic rings. The van der Waals surface area contributed by atoms with Crippen LogP contribution in [0.1, 0.15) is 35.2 Å². The summed E-state index contributed by atoms with van der Waals surface area (Å²) in [5.74, 6) is -0.0371. The molecule has 10 heteroatoms. The van der Waals surface area contributed by atoms with Gasteiger partial charge in [-0.2, -0.15) is 0 Å². The fourth-order valence-corrected chi connectivity index (χ4v) is 5.70. The lowest BCUT2D eigenvalue weighted by Crippen LogP contribution is -2.44. The number of halogens is 1. The smallest absolute Gasteiger partial charge is 0.399 e. The van der Waals surface area contributed by atoms with E-state index in [0.29, 0.717) is 23.2 Å². The summed E-state index contributed by atoms with van der Waals surface area (Å²) in [4.78, 5) is 43.7. The minimum Gasteiger partial charge on any atom is -0.399 e. The molecule has 1 N–H and O–H groups in total. The van der Waals surface area contributed by atoms with Crippen molar-refractivity contribution in [2.75, 3.05) is 38.6 Å². The van der Waals surface area contributed by atoms with Crippen LogP contribution in [0.25, 0.3) is 0 Å². The van der Waals surface area contributed by atoms with Crippen molar-refractivity contribution in [1.82, 2.24) is 15.1 Å². The van der Waals surface area contributed by atoms with E-state index in [-0.39, 0.29) is 24.3 Å². The molecule has 2 aliphatic rings. The number of hydrogen-bond acceptors (Lipinski definition) is 6. The summed E-state index contributed by atoms with van der Waals surface area (Å²) in [7, 11) is 4.16. The minimum atomic E-state index is -0.579.